The molecule has 0 saturated heterocycles. The number of hydrogen-bond acceptors (Lipinski definition) is 3. The topological polar surface area (TPSA) is 43.4 Å². The quantitative estimate of drug-likeness (QED) is 0.555. The molecule has 0 bridgehead atoms. The Labute approximate surface area is 95.1 Å². The van der Waals surface area contributed by atoms with E-state index < -0.39 is 10.8 Å². The molecule has 0 aromatic rings. The molecule has 0 aromatic heterocycles. The Morgan fingerprint density at radius 2 is 1.73 bits per heavy atom. The molecular weight excluding hydrogens is 216 g/mol. The van der Waals surface area contributed by atoms with Gasteiger partial charge in [-0.15, -0.1) is 0 Å². The highest BCUT2D eigenvalue weighted by Crippen LogP contribution is 2.34. The summed E-state index contributed by atoms with van der Waals surface area (Å²) < 4.78 is 5.28. The summed E-state index contributed by atoms with van der Waals surface area (Å²) in [6.07, 6.45) is 3.99. The Morgan fingerprint density at radius 1 is 1.20 bits per heavy atom. The van der Waals surface area contributed by atoms with Gasteiger partial charge in [-0.3, -0.25) is 9.59 Å². The molecular formula is C11H17ClO3. The maximum Gasteiger partial charge on any atom is 0.309 e. The minimum Gasteiger partial charge on any atom is -0.449 e. The van der Waals surface area contributed by atoms with Crippen LogP contribution in [0.1, 0.15) is 46.0 Å². The lowest BCUT2D eigenvalue weighted by Gasteiger charge is -2.33. The number of hydrogen-bond donors (Lipinski definition) is 0. The van der Waals surface area contributed by atoms with Crippen molar-refractivity contribution in [1.82, 2.24) is 0 Å². The smallest absolute Gasteiger partial charge is 0.309 e. The van der Waals surface area contributed by atoms with Crippen LogP contribution in [0, 0.1) is 5.92 Å². The number of rotatable bonds is 3. The summed E-state index contributed by atoms with van der Waals surface area (Å²) in [5.41, 5.74) is -1.04. The molecule has 0 amide bonds. The molecule has 1 saturated carbocycles. The second kappa shape index (κ2) is 4.97. The van der Waals surface area contributed by atoms with E-state index in [0.717, 1.165) is 19.3 Å². The lowest BCUT2D eigenvalue weighted by atomic mass is 9.85. The fraction of sp³-hybridized carbons (Fsp3) is 0.818. The molecule has 1 rings (SSSR count). The van der Waals surface area contributed by atoms with Crippen LogP contribution in [-0.2, 0) is 14.3 Å². The van der Waals surface area contributed by atoms with Gasteiger partial charge in [0.25, 0.3) is 5.24 Å². The third kappa shape index (κ3) is 2.94. The Morgan fingerprint density at radius 3 is 2.13 bits per heavy atom. The van der Waals surface area contributed by atoms with Crippen LogP contribution in [0.2, 0.25) is 0 Å². The van der Waals surface area contributed by atoms with Crippen LogP contribution < -0.4 is 0 Å². The van der Waals surface area contributed by atoms with Crippen molar-refractivity contribution in [1.29, 1.82) is 0 Å². The highest BCUT2D eigenvalue weighted by Gasteiger charge is 2.42. The van der Waals surface area contributed by atoms with E-state index in [1.165, 1.54) is 0 Å². The second-order valence-electron chi connectivity index (χ2n) is 4.40. The van der Waals surface area contributed by atoms with Gasteiger partial charge in [-0.2, -0.15) is 0 Å². The Kier molecular flexibility index (Phi) is 4.14. The van der Waals surface area contributed by atoms with Gasteiger partial charge in [-0.05, 0) is 37.3 Å². The highest BCUT2D eigenvalue weighted by atomic mass is 35.5. The maximum absolute atomic E-state index is 11.5. The summed E-state index contributed by atoms with van der Waals surface area (Å²) in [6, 6.07) is 0. The zero-order valence-corrected chi connectivity index (χ0v) is 9.97. The molecule has 0 aromatic carbocycles. The summed E-state index contributed by atoms with van der Waals surface area (Å²) in [4.78, 5) is 22.9. The molecule has 86 valence electrons. The van der Waals surface area contributed by atoms with Crippen LogP contribution >= 0.6 is 11.6 Å². The van der Waals surface area contributed by atoms with Gasteiger partial charge in [0.2, 0.25) is 0 Å². The molecule has 0 spiro atoms. The predicted molar refractivity (Wildman–Crippen MR) is 57.6 cm³/mol. The third-order valence-electron chi connectivity index (χ3n) is 2.79. The zero-order valence-electron chi connectivity index (χ0n) is 9.22. The number of carbonyl (C=O) groups excluding carboxylic acids is 2. The van der Waals surface area contributed by atoms with Crippen LogP contribution in [0.25, 0.3) is 0 Å². The van der Waals surface area contributed by atoms with Gasteiger partial charge in [0, 0.05) is 0 Å². The number of ether oxygens (including phenoxy) is 1. The maximum atomic E-state index is 11.5. The molecule has 0 unspecified atom stereocenters. The minimum absolute atomic E-state index is 0.222. The molecule has 0 radical (unpaired) electrons. The van der Waals surface area contributed by atoms with Crippen molar-refractivity contribution in [3.8, 4) is 0 Å². The Hall–Kier alpha value is -0.570. The van der Waals surface area contributed by atoms with Gasteiger partial charge >= 0.3 is 5.97 Å². The van der Waals surface area contributed by atoms with Crippen LogP contribution in [0.3, 0.4) is 0 Å². The molecule has 0 atom stereocenters. The van der Waals surface area contributed by atoms with Crippen LogP contribution in [0.15, 0.2) is 0 Å². The molecule has 1 fully saturated rings. The van der Waals surface area contributed by atoms with Gasteiger partial charge in [0.05, 0.1) is 5.92 Å². The molecule has 0 aliphatic heterocycles. The van der Waals surface area contributed by atoms with Gasteiger partial charge in [0.15, 0.2) is 5.60 Å². The van der Waals surface area contributed by atoms with E-state index in [1.54, 1.807) is 13.8 Å². The van der Waals surface area contributed by atoms with E-state index in [1.807, 2.05) is 0 Å². The number of esters is 1. The lowest BCUT2D eigenvalue weighted by Crippen LogP contribution is -2.43. The summed E-state index contributed by atoms with van der Waals surface area (Å²) in [5, 5.41) is -0.531. The van der Waals surface area contributed by atoms with E-state index in [9.17, 15) is 9.59 Å². The van der Waals surface area contributed by atoms with Gasteiger partial charge in [0.1, 0.15) is 0 Å². The molecule has 15 heavy (non-hydrogen) atoms. The van der Waals surface area contributed by atoms with Crippen molar-refractivity contribution in [3.05, 3.63) is 0 Å². The molecule has 4 heteroatoms. The molecule has 3 nitrogen and oxygen atoms in total. The third-order valence-corrected chi connectivity index (χ3v) is 3.13. The fourth-order valence-corrected chi connectivity index (χ4v) is 2.00. The molecule has 1 aliphatic carbocycles. The molecule has 1 aliphatic rings. The van der Waals surface area contributed by atoms with Crippen molar-refractivity contribution in [2.24, 2.45) is 5.92 Å². The molecule has 0 heterocycles. The fourth-order valence-electron chi connectivity index (χ4n) is 1.77. The van der Waals surface area contributed by atoms with Crippen LogP contribution in [0.5, 0.6) is 0 Å². The van der Waals surface area contributed by atoms with Gasteiger partial charge < -0.3 is 4.74 Å². The second-order valence-corrected chi connectivity index (χ2v) is 4.75. The van der Waals surface area contributed by atoms with E-state index >= 15 is 0 Å². The van der Waals surface area contributed by atoms with E-state index in [0.29, 0.717) is 12.8 Å². The first-order chi connectivity index (χ1) is 6.98. The SMILES string of the molecule is CC(C)C(=O)OC1(C(=O)Cl)CCCCC1. The standard InChI is InChI=1S/C11H17ClO3/c1-8(2)9(13)15-11(10(12)14)6-4-3-5-7-11/h8H,3-7H2,1-2H3. The first kappa shape index (κ1) is 12.5. The first-order valence-corrected chi connectivity index (χ1v) is 5.78. The number of halogens is 1. The average Bonchev–Trinajstić information content (AvgIpc) is 2.18. The number of carbonyl (C=O) groups is 2. The van der Waals surface area contributed by atoms with E-state index in [-0.39, 0.29) is 11.9 Å². The summed E-state index contributed by atoms with van der Waals surface area (Å²) in [7, 11) is 0. The summed E-state index contributed by atoms with van der Waals surface area (Å²) in [5.74, 6) is -0.564. The lowest BCUT2D eigenvalue weighted by molar-refractivity contribution is -0.171. The van der Waals surface area contributed by atoms with E-state index in [4.69, 9.17) is 16.3 Å². The average molecular weight is 233 g/mol. The normalized spacial score (nSPS) is 20.0. The predicted octanol–water partition coefficient (Wildman–Crippen LogP) is 2.65. The largest absolute Gasteiger partial charge is 0.449 e. The molecule has 0 N–H and O–H groups in total. The monoisotopic (exact) mass is 232 g/mol. The summed E-state index contributed by atoms with van der Waals surface area (Å²) >= 11 is 5.55. The summed E-state index contributed by atoms with van der Waals surface area (Å²) in [6.45, 7) is 3.50. The van der Waals surface area contributed by atoms with Crippen molar-refractivity contribution < 1.29 is 14.3 Å². The minimum atomic E-state index is -1.04. The first-order valence-electron chi connectivity index (χ1n) is 5.41. The van der Waals surface area contributed by atoms with Crippen LogP contribution in [-0.4, -0.2) is 16.8 Å². The van der Waals surface area contributed by atoms with Crippen molar-refractivity contribution in [2.45, 2.75) is 51.6 Å². The van der Waals surface area contributed by atoms with Crippen molar-refractivity contribution in [2.75, 3.05) is 0 Å². The van der Waals surface area contributed by atoms with Crippen LogP contribution in [0.4, 0.5) is 0 Å². The highest BCUT2D eigenvalue weighted by molar-refractivity contribution is 6.65. The van der Waals surface area contributed by atoms with Crippen molar-refractivity contribution >= 4 is 22.8 Å². The van der Waals surface area contributed by atoms with Gasteiger partial charge in [-0.1, -0.05) is 20.3 Å². The Balaban J connectivity index is 2.73. The van der Waals surface area contributed by atoms with Gasteiger partial charge in [-0.25, -0.2) is 0 Å². The Bertz CT molecular complexity index is 255. The van der Waals surface area contributed by atoms with Crippen molar-refractivity contribution in [3.63, 3.8) is 0 Å². The zero-order chi connectivity index (χ0) is 11.5. The van der Waals surface area contributed by atoms with E-state index in [2.05, 4.69) is 0 Å².